The van der Waals surface area contributed by atoms with Gasteiger partial charge >= 0.3 is 0 Å². The van der Waals surface area contributed by atoms with Crippen molar-refractivity contribution in [1.82, 2.24) is 8.80 Å². The lowest BCUT2D eigenvalue weighted by atomic mass is 9.95. The zero-order chi connectivity index (χ0) is 32.9. The summed E-state index contributed by atoms with van der Waals surface area (Å²) in [5.41, 5.74) is 18.3. The molecule has 234 valence electrons. The Hall–Kier alpha value is -6.64. The van der Waals surface area contributed by atoms with Crippen molar-refractivity contribution >= 4 is 76.2 Å². The Kier molecular flexibility index (Phi) is 4.70. The van der Waals surface area contributed by atoms with Crippen molar-refractivity contribution < 1.29 is 0 Å². The molecule has 0 aliphatic heterocycles. The van der Waals surface area contributed by atoms with Crippen molar-refractivity contribution in [2.24, 2.45) is 0 Å². The van der Waals surface area contributed by atoms with E-state index in [1.807, 2.05) is 0 Å². The topological polar surface area (TPSA) is 8.82 Å². The van der Waals surface area contributed by atoms with Gasteiger partial charge in [0.25, 0.3) is 0 Å². The average Bonchev–Trinajstić information content (AvgIpc) is 3.98. The van der Waals surface area contributed by atoms with Gasteiger partial charge in [0.15, 0.2) is 0 Å². The monoisotopic (exact) mass is 644 g/mol. The number of nitrogens with zero attached hydrogens (tertiary/aromatic N) is 2. The SMILES string of the molecule is c1ccc2c(c1)c1cccc3c4cc(-c5ccc6c(c5)-c5cc(-c7ccc8c(c7)c7cccc9c%10ccccc%10n8c97)ccc5C6)ccc4n2c13. The first kappa shape index (κ1) is 26.3. The number of benzene rings is 8. The van der Waals surface area contributed by atoms with Gasteiger partial charge in [-0.1, -0.05) is 109 Å². The maximum Gasteiger partial charge on any atom is 0.0620 e. The molecule has 0 atom stereocenters. The predicted octanol–water partition coefficient (Wildman–Crippen LogP) is 12.9. The van der Waals surface area contributed by atoms with Crippen LogP contribution in [0.25, 0.3) is 110 Å². The molecule has 0 bridgehead atoms. The fraction of sp³-hybridized carbons (Fsp3) is 0.0204. The number of hydrogen-bond donors (Lipinski definition) is 0. The number of aromatic nitrogens is 2. The second-order valence-electron chi connectivity index (χ2n) is 14.5. The van der Waals surface area contributed by atoms with Gasteiger partial charge in [-0.15, -0.1) is 0 Å². The van der Waals surface area contributed by atoms with Crippen LogP contribution in [0.15, 0.2) is 158 Å². The summed E-state index contributed by atoms with van der Waals surface area (Å²) in [5, 5.41) is 10.6. The number of rotatable bonds is 2. The molecule has 0 N–H and O–H groups in total. The van der Waals surface area contributed by atoms with Gasteiger partial charge in [-0.05, 0) is 99.5 Å². The molecule has 0 amide bonds. The molecule has 1 aliphatic carbocycles. The van der Waals surface area contributed by atoms with Crippen LogP contribution >= 0.6 is 0 Å². The lowest BCUT2D eigenvalue weighted by Gasteiger charge is -2.09. The summed E-state index contributed by atoms with van der Waals surface area (Å²) < 4.78 is 4.91. The third-order valence-corrected chi connectivity index (χ3v) is 12.0. The summed E-state index contributed by atoms with van der Waals surface area (Å²) in [6, 6.07) is 59.4. The highest BCUT2D eigenvalue weighted by Crippen LogP contribution is 2.45. The molecule has 0 spiro atoms. The third-order valence-electron chi connectivity index (χ3n) is 12.0. The van der Waals surface area contributed by atoms with Crippen LogP contribution in [0.1, 0.15) is 11.1 Å². The molecule has 0 saturated carbocycles. The first-order chi connectivity index (χ1) is 25.3. The number of hydrogen-bond acceptors (Lipinski definition) is 0. The fourth-order valence-corrected chi connectivity index (χ4v) is 9.75. The van der Waals surface area contributed by atoms with E-state index in [0.717, 1.165) is 6.42 Å². The van der Waals surface area contributed by atoms with E-state index in [1.54, 1.807) is 0 Å². The van der Waals surface area contributed by atoms with Crippen molar-refractivity contribution in [3.63, 3.8) is 0 Å². The number of para-hydroxylation sites is 4. The minimum Gasteiger partial charge on any atom is -0.308 e. The summed E-state index contributed by atoms with van der Waals surface area (Å²) in [4.78, 5) is 0. The summed E-state index contributed by atoms with van der Waals surface area (Å²) in [5.74, 6) is 0. The van der Waals surface area contributed by atoms with Crippen molar-refractivity contribution in [2.45, 2.75) is 6.42 Å². The molecule has 4 aromatic heterocycles. The molecule has 13 rings (SSSR count). The van der Waals surface area contributed by atoms with Gasteiger partial charge in [0.05, 0.1) is 33.1 Å². The Morgan fingerprint density at radius 3 is 1.16 bits per heavy atom. The van der Waals surface area contributed by atoms with Crippen molar-refractivity contribution in [3.05, 3.63) is 169 Å². The molecule has 0 radical (unpaired) electrons. The molecule has 12 aromatic rings. The fourth-order valence-electron chi connectivity index (χ4n) is 9.75. The zero-order valence-electron chi connectivity index (χ0n) is 27.6. The molecule has 4 heterocycles. The molecule has 0 fully saturated rings. The lowest BCUT2D eigenvalue weighted by molar-refractivity contribution is 1.26. The van der Waals surface area contributed by atoms with Crippen molar-refractivity contribution in [1.29, 1.82) is 0 Å². The first-order valence-electron chi connectivity index (χ1n) is 17.9. The van der Waals surface area contributed by atoms with Gasteiger partial charge in [-0.25, -0.2) is 0 Å². The Bertz CT molecular complexity index is 3210. The van der Waals surface area contributed by atoms with Crippen LogP contribution in [0.5, 0.6) is 0 Å². The molecule has 51 heavy (non-hydrogen) atoms. The van der Waals surface area contributed by atoms with E-state index < -0.39 is 0 Å². The molecular weight excluding hydrogens is 617 g/mol. The largest absolute Gasteiger partial charge is 0.308 e. The van der Waals surface area contributed by atoms with Crippen LogP contribution in [0.4, 0.5) is 0 Å². The van der Waals surface area contributed by atoms with E-state index in [-0.39, 0.29) is 0 Å². The van der Waals surface area contributed by atoms with Gasteiger partial charge in [0, 0.05) is 43.1 Å². The Morgan fingerprint density at radius 2 is 0.667 bits per heavy atom. The van der Waals surface area contributed by atoms with Crippen LogP contribution in [0.3, 0.4) is 0 Å². The van der Waals surface area contributed by atoms with Crippen LogP contribution in [0.2, 0.25) is 0 Å². The molecule has 0 unspecified atom stereocenters. The summed E-state index contributed by atoms with van der Waals surface area (Å²) in [7, 11) is 0. The van der Waals surface area contributed by atoms with E-state index in [1.165, 1.54) is 121 Å². The highest BCUT2D eigenvalue weighted by Gasteiger charge is 2.22. The highest BCUT2D eigenvalue weighted by atomic mass is 14.9. The molecule has 1 aliphatic rings. The molecule has 0 saturated heterocycles. The van der Waals surface area contributed by atoms with Gasteiger partial charge < -0.3 is 8.80 Å². The van der Waals surface area contributed by atoms with Crippen molar-refractivity contribution in [2.75, 3.05) is 0 Å². The van der Waals surface area contributed by atoms with E-state index in [4.69, 9.17) is 0 Å². The van der Waals surface area contributed by atoms with Gasteiger partial charge in [0.2, 0.25) is 0 Å². The second-order valence-corrected chi connectivity index (χ2v) is 14.5. The minimum atomic E-state index is 0.981. The predicted molar refractivity (Wildman–Crippen MR) is 215 cm³/mol. The average molecular weight is 645 g/mol. The smallest absolute Gasteiger partial charge is 0.0620 e. The summed E-state index contributed by atoms with van der Waals surface area (Å²) >= 11 is 0. The molecule has 2 nitrogen and oxygen atoms in total. The summed E-state index contributed by atoms with van der Waals surface area (Å²) in [6.07, 6.45) is 0.981. The Labute approximate surface area is 292 Å². The van der Waals surface area contributed by atoms with Crippen LogP contribution < -0.4 is 0 Å². The van der Waals surface area contributed by atoms with E-state index >= 15 is 0 Å². The maximum absolute atomic E-state index is 2.46. The van der Waals surface area contributed by atoms with Crippen LogP contribution in [-0.2, 0) is 6.42 Å². The van der Waals surface area contributed by atoms with Crippen LogP contribution in [0, 0.1) is 0 Å². The summed E-state index contributed by atoms with van der Waals surface area (Å²) in [6.45, 7) is 0. The molecule has 8 aromatic carbocycles. The Morgan fingerprint density at radius 1 is 0.294 bits per heavy atom. The van der Waals surface area contributed by atoms with E-state index in [2.05, 4.69) is 167 Å². The third kappa shape index (κ3) is 3.24. The Balaban J connectivity index is 0.944. The highest BCUT2D eigenvalue weighted by molar-refractivity contribution is 6.25. The first-order valence-corrected chi connectivity index (χ1v) is 17.9. The quantitative estimate of drug-likeness (QED) is 0.177. The number of fused-ring (bicyclic) bond motifs is 15. The van der Waals surface area contributed by atoms with E-state index in [9.17, 15) is 0 Å². The van der Waals surface area contributed by atoms with Gasteiger partial charge in [-0.2, -0.15) is 0 Å². The van der Waals surface area contributed by atoms with Crippen LogP contribution in [-0.4, -0.2) is 8.80 Å². The molecule has 2 heteroatoms. The normalized spacial score (nSPS) is 13.0. The lowest BCUT2D eigenvalue weighted by Crippen LogP contribution is -1.85. The molecular formula is C49H28N2. The minimum absolute atomic E-state index is 0.981. The zero-order valence-corrected chi connectivity index (χ0v) is 27.6. The maximum atomic E-state index is 2.46. The van der Waals surface area contributed by atoms with Crippen molar-refractivity contribution in [3.8, 4) is 33.4 Å². The van der Waals surface area contributed by atoms with Gasteiger partial charge in [0.1, 0.15) is 0 Å². The standard InChI is InChI=1S/C49H28N2/c1-3-13-44-34(7-1)36-9-5-11-38-42-26-30(19-21-46(42)50(44)48(36)38)28-15-17-32-23-33-18-16-29(25-41(33)40(32)24-28)31-20-22-47-43(27-31)39-12-6-10-37-35-8-2-4-14-45(35)51(47)49(37)39/h1-22,24-27H,23H2. The second kappa shape index (κ2) is 9.12. The van der Waals surface area contributed by atoms with Gasteiger partial charge in [-0.3, -0.25) is 0 Å². The van der Waals surface area contributed by atoms with E-state index in [0.29, 0.717) is 0 Å².